The van der Waals surface area contributed by atoms with Crippen LogP contribution in [-0.4, -0.2) is 24.9 Å². The van der Waals surface area contributed by atoms with Gasteiger partial charge < -0.3 is 4.74 Å². The molecule has 0 heterocycles. The summed E-state index contributed by atoms with van der Waals surface area (Å²) in [7, 11) is 1.07. The summed E-state index contributed by atoms with van der Waals surface area (Å²) in [6, 6.07) is 0. The van der Waals surface area contributed by atoms with Gasteiger partial charge in [-0.2, -0.15) is 0 Å². The first kappa shape index (κ1) is 9.42. The Morgan fingerprint density at radius 2 is 2.25 bits per heavy atom. The van der Waals surface area contributed by atoms with Gasteiger partial charge in [-0.3, -0.25) is 0 Å². The van der Waals surface area contributed by atoms with Crippen molar-refractivity contribution in [3.8, 4) is 0 Å². The molecule has 0 aromatic rings. The van der Waals surface area contributed by atoms with Crippen LogP contribution >= 0.6 is 0 Å². The Morgan fingerprint density at radius 1 is 1.58 bits per heavy atom. The van der Waals surface area contributed by atoms with Gasteiger partial charge in [-0.05, 0) is 19.3 Å². The van der Waals surface area contributed by atoms with Gasteiger partial charge in [0.2, 0.25) is 5.67 Å². The molecular weight excluding hydrogens is 166 g/mol. The first-order chi connectivity index (χ1) is 5.61. The van der Waals surface area contributed by atoms with Crippen molar-refractivity contribution in [1.82, 2.24) is 0 Å². The highest BCUT2D eigenvalue weighted by Gasteiger charge is 2.49. The molecule has 0 aliphatic heterocycles. The molecule has 2 nitrogen and oxygen atoms in total. The standard InChI is InChI=1S/C8H12F2O2/c1-12-7(11)8(10)5-3-2-4-6(8)9/h6H,2-5H2,1H3. The van der Waals surface area contributed by atoms with Crippen LogP contribution in [0, 0.1) is 0 Å². The lowest BCUT2D eigenvalue weighted by Gasteiger charge is -2.29. The number of hydrogen-bond donors (Lipinski definition) is 0. The number of esters is 1. The highest BCUT2D eigenvalue weighted by Crippen LogP contribution is 2.35. The second kappa shape index (κ2) is 3.37. The zero-order chi connectivity index (χ0) is 9.19. The third-order valence-corrected chi connectivity index (χ3v) is 2.27. The Bertz CT molecular complexity index is 184. The van der Waals surface area contributed by atoms with Crippen LogP contribution in [0.4, 0.5) is 8.78 Å². The average molecular weight is 178 g/mol. The third-order valence-electron chi connectivity index (χ3n) is 2.27. The highest BCUT2D eigenvalue weighted by atomic mass is 19.2. The average Bonchev–Trinajstić information content (AvgIpc) is 2.09. The lowest BCUT2D eigenvalue weighted by atomic mass is 9.85. The molecule has 0 radical (unpaired) electrons. The molecule has 12 heavy (non-hydrogen) atoms. The van der Waals surface area contributed by atoms with Crippen LogP contribution in [0.2, 0.25) is 0 Å². The van der Waals surface area contributed by atoms with Crippen molar-refractivity contribution in [2.75, 3.05) is 7.11 Å². The fourth-order valence-corrected chi connectivity index (χ4v) is 1.49. The van der Waals surface area contributed by atoms with Crippen LogP contribution < -0.4 is 0 Å². The van der Waals surface area contributed by atoms with Crippen LogP contribution in [0.25, 0.3) is 0 Å². The Morgan fingerprint density at radius 3 is 2.75 bits per heavy atom. The van der Waals surface area contributed by atoms with E-state index in [4.69, 9.17) is 0 Å². The highest BCUT2D eigenvalue weighted by molar-refractivity contribution is 5.80. The normalized spacial score (nSPS) is 36.1. The maximum absolute atomic E-state index is 13.5. The fourth-order valence-electron chi connectivity index (χ4n) is 1.49. The molecule has 0 amide bonds. The summed E-state index contributed by atoms with van der Waals surface area (Å²) >= 11 is 0. The number of halogens is 2. The van der Waals surface area contributed by atoms with Crippen molar-refractivity contribution in [3.05, 3.63) is 0 Å². The van der Waals surface area contributed by atoms with Gasteiger partial charge in [0.1, 0.15) is 6.17 Å². The van der Waals surface area contributed by atoms with Crippen LogP contribution in [0.1, 0.15) is 25.7 Å². The van der Waals surface area contributed by atoms with Crippen molar-refractivity contribution >= 4 is 5.97 Å². The van der Waals surface area contributed by atoms with E-state index in [0.29, 0.717) is 12.8 Å². The second-order valence-electron chi connectivity index (χ2n) is 3.07. The van der Waals surface area contributed by atoms with Gasteiger partial charge in [0.05, 0.1) is 7.11 Å². The Kier molecular flexibility index (Phi) is 2.65. The van der Waals surface area contributed by atoms with Crippen LogP contribution in [0.15, 0.2) is 0 Å². The predicted octanol–water partition coefficient (Wildman–Crippen LogP) is 1.78. The number of carbonyl (C=O) groups excluding carboxylic acids is 1. The SMILES string of the molecule is COC(=O)C1(F)CCCCC1F. The number of carbonyl (C=O) groups is 1. The minimum atomic E-state index is -2.38. The summed E-state index contributed by atoms with van der Waals surface area (Å²) < 4.78 is 30.7. The molecule has 1 aliphatic carbocycles. The monoisotopic (exact) mass is 178 g/mol. The summed E-state index contributed by atoms with van der Waals surface area (Å²) in [6.07, 6.45) is -0.443. The summed E-state index contributed by atoms with van der Waals surface area (Å²) in [6.45, 7) is 0. The summed E-state index contributed by atoms with van der Waals surface area (Å²) in [4.78, 5) is 10.9. The molecule has 1 aliphatic rings. The molecular formula is C8H12F2O2. The summed E-state index contributed by atoms with van der Waals surface area (Å²) in [5.41, 5.74) is -2.38. The molecule has 1 fully saturated rings. The van der Waals surface area contributed by atoms with E-state index in [1.807, 2.05) is 0 Å². The number of alkyl halides is 2. The largest absolute Gasteiger partial charge is 0.467 e. The molecule has 1 saturated carbocycles. The zero-order valence-electron chi connectivity index (χ0n) is 6.98. The minimum Gasteiger partial charge on any atom is -0.467 e. The van der Waals surface area contributed by atoms with E-state index in [-0.39, 0.29) is 12.8 Å². The van der Waals surface area contributed by atoms with Gasteiger partial charge in [0.15, 0.2) is 0 Å². The van der Waals surface area contributed by atoms with E-state index in [9.17, 15) is 13.6 Å². The number of hydrogen-bond acceptors (Lipinski definition) is 2. The molecule has 0 aromatic heterocycles. The summed E-state index contributed by atoms with van der Waals surface area (Å²) in [5, 5.41) is 0. The first-order valence-electron chi connectivity index (χ1n) is 4.02. The third kappa shape index (κ3) is 1.42. The van der Waals surface area contributed by atoms with Gasteiger partial charge in [-0.1, -0.05) is 6.42 Å². The van der Waals surface area contributed by atoms with Crippen molar-refractivity contribution in [2.24, 2.45) is 0 Å². The molecule has 0 spiro atoms. The van der Waals surface area contributed by atoms with E-state index in [1.165, 1.54) is 0 Å². The first-order valence-corrected chi connectivity index (χ1v) is 4.02. The maximum atomic E-state index is 13.5. The van der Waals surface area contributed by atoms with E-state index >= 15 is 0 Å². The zero-order valence-corrected chi connectivity index (χ0v) is 6.98. The quantitative estimate of drug-likeness (QED) is 0.572. The molecule has 4 heteroatoms. The van der Waals surface area contributed by atoms with E-state index in [1.54, 1.807) is 0 Å². The second-order valence-corrected chi connectivity index (χ2v) is 3.07. The molecule has 0 aromatic carbocycles. The van der Waals surface area contributed by atoms with Crippen molar-refractivity contribution in [3.63, 3.8) is 0 Å². The van der Waals surface area contributed by atoms with Gasteiger partial charge in [-0.15, -0.1) is 0 Å². The van der Waals surface area contributed by atoms with Crippen molar-refractivity contribution < 1.29 is 18.3 Å². The lowest BCUT2D eigenvalue weighted by Crippen LogP contribution is -2.46. The number of methoxy groups -OCH3 is 1. The predicted molar refractivity (Wildman–Crippen MR) is 39.2 cm³/mol. The Labute approximate surface area is 69.9 Å². The van der Waals surface area contributed by atoms with Crippen molar-refractivity contribution in [1.29, 1.82) is 0 Å². The number of ether oxygens (including phenoxy) is 1. The van der Waals surface area contributed by atoms with Gasteiger partial charge in [-0.25, -0.2) is 13.6 Å². The van der Waals surface area contributed by atoms with Crippen LogP contribution in [-0.2, 0) is 9.53 Å². The molecule has 2 atom stereocenters. The fraction of sp³-hybridized carbons (Fsp3) is 0.875. The molecule has 0 N–H and O–H groups in total. The van der Waals surface area contributed by atoms with E-state index < -0.39 is 17.8 Å². The van der Waals surface area contributed by atoms with E-state index in [2.05, 4.69) is 4.74 Å². The number of rotatable bonds is 1. The van der Waals surface area contributed by atoms with Crippen molar-refractivity contribution in [2.45, 2.75) is 37.5 Å². The summed E-state index contributed by atoms with van der Waals surface area (Å²) in [5.74, 6) is -1.07. The van der Waals surface area contributed by atoms with E-state index in [0.717, 1.165) is 7.11 Å². The topological polar surface area (TPSA) is 26.3 Å². The smallest absolute Gasteiger partial charge is 0.346 e. The lowest BCUT2D eigenvalue weighted by molar-refractivity contribution is -0.162. The van der Waals surface area contributed by atoms with Gasteiger partial charge in [0.25, 0.3) is 0 Å². The van der Waals surface area contributed by atoms with Crippen LogP contribution in [0.3, 0.4) is 0 Å². The minimum absolute atomic E-state index is 0.0547. The Hall–Kier alpha value is -0.670. The molecule has 2 unspecified atom stereocenters. The Balaban J connectivity index is 2.72. The molecule has 1 rings (SSSR count). The van der Waals surface area contributed by atoms with Gasteiger partial charge in [0, 0.05) is 0 Å². The van der Waals surface area contributed by atoms with Gasteiger partial charge >= 0.3 is 5.97 Å². The molecule has 70 valence electrons. The molecule has 0 bridgehead atoms. The van der Waals surface area contributed by atoms with Crippen LogP contribution in [0.5, 0.6) is 0 Å². The molecule has 0 saturated heterocycles. The maximum Gasteiger partial charge on any atom is 0.346 e.